The molecule has 38 heavy (non-hydrogen) atoms. The summed E-state index contributed by atoms with van der Waals surface area (Å²) >= 11 is 6.55. The first-order valence-electron chi connectivity index (χ1n) is 13.4. The van der Waals surface area contributed by atoms with Crippen LogP contribution in [0.15, 0.2) is 60.8 Å². The molecule has 0 radical (unpaired) electrons. The van der Waals surface area contributed by atoms with E-state index < -0.39 is 0 Å². The van der Waals surface area contributed by atoms with Crippen molar-refractivity contribution in [2.45, 2.75) is 53.1 Å². The third kappa shape index (κ3) is 4.34. The number of fused-ring (bicyclic) bond motifs is 2. The van der Waals surface area contributed by atoms with Crippen LogP contribution < -0.4 is 0 Å². The number of hydrogen-bond donors (Lipinski definition) is 1. The Morgan fingerprint density at radius 1 is 1.00 bits per heavy atom. The molecule has 3 aromatic carbocycles. The van der Waals surface area contributed by atoms with Crippen LogP contribution in [0.2, 0.25) is 5.02 Å². The lowest BCUT2D eigenvalue weighted by Crippen LogP contribution is -2.30. The van der Waals surface area contributed by atoms with E-state index in [0.717, 1.165) is 71.3 Å². The molecule has 1 N–H and O–H groups in total. The second-order valence-electron chi connectivity index (χ2n) is 10.2. The summed E-state index contributed by atoms with van der Waals surface area (Å²) in [4.78, 5) is 5.67. The Bertz CT molecular complexity index is 1630. The second kappa shape index (κ2) is 10.0. The van der Waals surface area contributed by atoms with Crippen LogP contribution in [0.4, 0.5) is 4.39 Å². The van der Waals surface area contributed by atoms with E-state index in [2.05, 4.69) is 71.7 Å². The highest BCUT2D eigenvalue weighted by atomic mass is 35.5. The van der Waals surface area contributed by atoms with E-state index in [1.165, 1.54) is 28.4 Å². The van der Waals surface area contributed by atoms with Gasteiger partial charge < -0.3 is 4.98 Å². The fourth-order valence-electron chi connectivity index (χ4n) is 5.79. The molecule has 194 valence electrons. The second-order valence-corrected chi connectivity index (χ2v) is 10.7. The molecule has 2 aromatic heterocycles. The van der Waals surface area contributed by atoms with Crippen LogP contribution in [0.5, 0.6) is 0 Å². The number of hydrogen-bond acceptors (Lipinski definition) is 2. The number of aromatic amines is 1. The summed E-state index contributed by atoms with van der Waals surface area (Å²) in [6.07, 6.45) is 4.56. The molecular weight excluding hydrogens is 495 g/mol. The number of nitrogens with one attached hydrogen (secondary N) is 1. The predicted molar refractivity (Wildman–Crippen MR) is 154 cm³/mol. The Balaban J connectivity index is 1.52. The van der Waals surface area contributed by atoms with Crippen molar-refractivity contribution in [2.24, 2.45) is 0 Å². The summed E-state index contributed by atoms with van der Waals surface area (Å²) in [6.45, 7) is 8.82. The highest BCUT2D eigenvalue weighted by Gasteiger charge is 2.28. The van der Waals surface area contributed by atoms with E-state index in [1.54, 1.807) is 6.07 Å². The van der Waals surface area contributed by atoms with Gasteiger partial charge in [0.05, 0.1) is 22.1 Å². The Morgan fingerprint density at radius 2 is 1.79 bits per heavy atom. The van der Waals surface area contributed by atoms with Gasteiger partial charge in [0.25, 0.3) is 0 Å². The molecule has 0 aliphatic carbocycles. The molecule has 3 heterocycles. The average Bonchev–Trinajstić information content (AvgIpc) is 3.49. The van der Waals surface area contributed by atoms with E-state index in [0.29, 0.717) is 11.6 Å². The van der Waals surface area contributed by atoms with Crippen molar-refractivity contribution >= 4 is 22.5 Å². The van der Waals surface area contributed by atoms with Gasteiger partial charge in [-0.05, 0) is 66.3 Å². The quantitative estimate of drug-likeness (QED) is 0.245. The third-order valence-electron chi connectivity index (χ3n) is 7.90. The molecule has 0 bridgehead atoms. The van der Waals surface area contributed by atoms with Gasteiger partial charge in [0.15, 0.2) is 0 Å². The van der Waals surface area contributed by atoms with Crippen LogP contribution in [-0.2, 0) is 32.4 Å². The Morgan fingerprint density at radius 3 is 2.55 bits per heavy atom. The fraction of sp³-hybridized carbons (Fsp3) is 0.281. The lowest BCUT2D eigenvalue weighted by atomic mass is 9.98. The first-order chi connectivity index (χ1) is 18.5. The van der Waals surface area contributed by atoms with Crippen LogP contribution in [-0.4, -0.2) is 26.2 Å². The van der Waals surface area contributed by atoms with Crippen LogP contribution in [0.25, 0.3) is 27.8 Å². The normalized spacial score (nSPS) is 13.8. The maximum Gasteiger partial charge on any atom is 0.123 e. The molecule has 1 aliphatic heterocycles. The molecule has 6 rings (SSSR count). The minimum absolute atomic E-state index is 0.184. The number of benzene rings is 3. The summed E-state index contributed by atoms with van der Waals surface area (Å²) in [7, 11) is 0. The Hall–Kier alpha value is -3.41. The number of rotatable bonds is 6. The van der Waals surface area contributed by atoms with E-state index in [1.807, 2.05) is 12.3 Å². The SMILES string of the molecule is CCc1cccc(CC)c1-n1nc2c(c1-c1ccc3[nH]cc(Cl)c3c1)CN(Cc1cc(F)ccc1C)CC2. The molecule has 0 unspecified atom stereocenters. The minimum atomic E-state index is -0.184. The Labute approximate surface area is 228 Å². The lowest BCUT2D eigenvalue weighted by molar-refractivity contribution is 0.244. The fourth-order valence-corrected chi connectivity index (χ4v) is 6.01. The molecule has 5 aromatic rings. The maximum atomic E-state index is 14.0. The molecule has 0 spiro atoms. The molecule has 6 heteroatoms. The van der Waals surface area contributed by atoms with Crippen molar-refractivity contribution in [2.75, 3.05) is 6.54 Å². The van der Waals surface area contributed by atoms with Gasteiger partial charge in [-0.15, -0.1) is 0 Å². The van der Waals surface area contributed by atoms with Crippen molar-refractivity contribution in [1.29, 1.82) is 0 Å². The number of nitrogens with zero attached hydrogens (tertiary/aromatic N) is 3. The molecule has 4 nitrogen and oxygen atoms in total. The molecule has 0 saturated carbocycles. The number of halogens is 2. The van der Waals surface area contributed by atoms with Crippen LogP contribution in [0, 0.1) is 12.7 Å². The van der Waals surface area contributed by atoms with E-state index >= 15 is 0 Å². The zero-order valence-corrected chi connectivity index (χ0v) is 22.9. The first kappa shape index (κ1) is 24.9. The van der Waals surface area contributed by atoms with E-state index in [9.17, 15) is 4.39 Å². The molecule has 0 fully saturated rings. The van der Waals surface area contributed by atoms with E-state index in [-0.39, 0.29) is 5.82 Å². The highest BCUT2D eigenvalue weighted by molar-refractivity contribution is 6.35. The number of aryl methyl sites for hydroxylation is 3. The molecule has 0 amide bonds. The third-order valence-corrected chi connectivity index (χ3v) is 8.21. The molecule has 1 aliphatic rings. The van der Waals surface area contributed by atoms with E-state index in [4.69, 9.17) is 16.7 Å². The first-order valence-corrected chi connectivity index (χ1v) is 13.8. The molecular formula is C32H32ClFN4. The summed E-state index contributed by atoms with van der Waals surface area (Å²) in [5, 5.41) is 6.99. The smallest absolute Gasteiger partial charge is 0.123 e. The van der Waals surface area contributed by atoms with Gasteiger partial charge in [-0.3, -0.25) is 4.90 Å². The van der Waals surface area contributed by atoms with Crippen molar-refractivity contribution in [3.8, 4) is 16.9 Å². The van der Waals surface area contributed by atoms with Crippen molar-refractivity contribution in [1.82, 2.24) is 19.7 Å². The summed E-state index contributed by atoms with van der Waals surface area (Å²) in [5.74, 6) is -0.184. The zero-order chi connectivity index (χ0) is 26.4. The van der Waals surface area contributed by atoms with Gasteiger partial charge in [0.1, 0.15) is 5.82 Å². The number of H-pyrrole nitrogens is 1. The highest BCUT2D eigenvalue weighted by Crippen LogP contribution is 2.37. The molecule has 0 atom stereocenters. The van der Waals surface area contributed by atoms with Crippen LogP contribution >= 0.6 is 11.6 Å². The predicted octanol–water partition coefficient (Wildman–Crippen LogP) is 7.80. The minimum Gasteiger partial charge on any atom is -0.360 e. The van der Waals surface area contributed by atoms with Gasteiger partial charge in [-0.1, -0.05) is 55.8 Å². The van der Waals surface area contributed by atoms with Crippen molar-refractivity contribution < 1.29 is 4.39 Å². The van der Waals surface area contributed by atoms with Gasteiger partial charge in [-0.25, -0.2) is 9.07 Å². The lowest BCUT2D eigenvalue weighted by Gasteiger charge is -2.27. The van der Waals surface area contributed by atoms with Gasteiger partial charge in [-0.2, -0.15) is 5.10 Å². The number of aromatic nitrogens is 3. The van der Waals surface area contributed by atoms with Crippen molar-refractivity contribution in [3.05, 3.63) is 105 Å². The Kier molecular flexibility index (Phi) is 6.58. The average molecular weight is 527 g/mol. The van der Waals surface area contributed by atoms with Crippen LogP contribution in [0.3, 0.4) is 0 Å². The van der Waals surface area contributed by atoms with Gasteiger partial charge in [0, 0.05) is 54.3 Å². The summed E-state index contributed by atoms with van der Waals surface area (Å²) < 4.78 is 16.2. The number of para-hydroxylation sites is 1. The summed E-state index contributed by atoms with van der Waals surface area (Å²) in [5.41, 5.74) is 11.5. The largest absolute Gasteiger partial charge is 0.360 e. The van der Waals surface area contributed by atoms with Crippen molar-refractivity contribution in [3.63, 3.8) is 0 Å². The topological polar surface area (TPSA) is 36.9 Å². The monoisotopic (exact) mass is 526 g/mol. The van der Waals surface area contributed by atoms with Gasteiger partial charge in [0.2, 0.25) is 0 Å². The van der Waals surface area contributed by atoms with Gasteiger partial charge >= 0.3 is 0 Å². The van der Waals surface area contributed by atoms with Crippen LogP contribution in [0.1, 0.15) is 47.4 Å². The molecule has 0 saturated heterocycles. The maximum absolute atomic E-state index is 14.0. The standard InChI is InChI=1S/C32H32ClFN4/c1-4-21-7-6-8-22(5-2)31(21)38-32(23-10-12-29-26(16-23)28(33)17-35-29)27-19-37(14-13-30(27)36-38)18-24-15-25(34)11-9-20(24)3/h6-12,15-17,35H,4-5,13-14,18-19H2,1-3H3. The zero-order valence-electron chi connectivity index (χ0n) is 22.1. The summed E-state index contributed by atoms with van der Waals surface area (Å²) in [6, 6.07) is 18.1.